The first kappa shape index (κ1) is 23.1. The van der Waals surface area contributed by atoms with Crippen molar-refractivity contribution in [3.05, 3.63) is 48.0 Å². The topological polar surface area (TPSA) is 74.3 Å². The summed E-state index contributed by atoms with van der Waals surface area (Å²) in [4.78, 5) is 26.9. The Balaban J connectivity index is 2.23. The predicted octanol–water partition coefficient (Wildman–Crippen LogP) is 4.09. The van der Waals surface area contributed by atoms with Gasteiger partial charge in [0.15, 0.2) is 17.6 Å². The lowest BCUT2D eigenvalue weighted by molar-refractivity contribution is -0.126. The van der Waals surface area contributed by atoms with Crippen molar-refractivity contribution < 1.29 is 28.5 Å². The van der Waals surface area contributed by atoms with Gasteiger partial charge in [-0.1, -0.05) is 18.2 Å². The number of carbonyl (C=O) groups excluding carboxylic acids is 2. The van der Waals surface area contributed by atoms with Gasteiger partial charge in [-0.2, -0.15) is 0 Å². The fourth-order valence-corrected chi connectivity index (χ4v) is 2.84. The molecule has 0 N–H and O–H groups in total. The number of ether oxygens (including phenoxy) is 4. The van der Waals surface area contributed by atoms with Gasteiger partial charge in [-0.3, -0.25) is 4.79 Å². The Morgan fingerprint density at radius 1 is 0.900 bits per heavy atom. The van der Waals surface area contributed by atoms with Crippen LogP contribution in [-0.2, 0) is 9.53 Å². The number of nitrogens with zero attached hydrogens (tertiary/aromatic N) is 1. The molecular formula is C23H29NO6. The second kappa shape index (κ2) is 11.1. The van der Waals surface area contributed by atoms with E-state index in [0.29, 0.717) is 42.8 Å². The van der Waals surface area contributed by atoms with E-state index >= 15 is 0 Å². The van der Waals surface area contributed by atoms with E-state index in [0.717, 1.165) is 0 Å². The first-order valence-electron chi connectivity index (χ1n) is 10.0. The van der Waals surface area contributed by atoms with Crippen LogP contribution in [0.4, 0.5) is 5.69 Å². The number of benzene rings is 2. The number of hydrogen-bond acceptors (Lipinski definition) is 6. The van der Waals surface area contributed by atoms with E-state index in [1.54, 1.807) is 14.0 Å². The maximum absolute atomic E-state index is 12.8. The highest BCUT2D eigenvalue weighted by molar-refractivity contribution is 5.99. The van der Waals surface area contributed by atoms with Gasteiger partial charge in [0.2, 0.25) is 5.75 Å². The largest absolute Gasteiger partial charge is 0.490 e. The van der Waals surface area contributed by atoms with E-state index in [1.165, 1.54) is 17.0 Å². The highest BCUT2D eigenvalue weighted by Crippen LogP contribution is 2.39. The van der Waals surface area contributed by atoms with Crippen LogP contribution in [0.2, 0.25) is 0 Å². The number of amides is 1. The van der Waals surface area contributed by atoms with Gasteiger partial charge >= 0.3 is 5.97 Å². The Kier molecular flexibility index (Phi) is 8.53. The molecule has 0 aromatic heterocycles. The number of anilines is 1. The summed E-state index contributed by atoms with van der Waals surface area (Å²) < 4.78 is 22.3. The molecule has 0 aliphatic carbocycles. The molecule has 0 aliphatic heterocycles. The van der Waals surface area contributed by atoms with Gasteiger partial charge in [0.05, 0.1) is 25.4 Å². The molecule has 0 bridgehead atoms. The molecule has 0 aliphatic rings. The molecular weight excluding hydrogens is 386 g/mol. The average molecular weight is 415 g/mol. The molecule has 0 fully saturated rings. The minimum Gasteiger partial charge on any atom is -0.490 e. The molecule has 1 unspecified atom stereocenters. The maximum Gasteiger partial charge on any atom is 0.339 e. The Hall–Kier alpha value is -3.22. The summed E-state index contributed by atoms with van der Waals surface area (Å²) in [7, 11) is 1.64. The summed E-state index contributed by atoms with van der Waals surface area (Å²) in [5.41, 5.74) is 0.927. The first-order valence-corrected chi connectivity index (χ1v) is 10.0. The molecule has 1 atom stereocenters. The van der Waals surface area contributed by atoms with Gasteiger partial charge < -0.3 is 23.8 Å². The molecule has 0 saturated heterocycles. The second-order valence-electron chi connectivity index (χ2n) is 6.38. The van der Waals surface area contributed by atoms with Crippen LogP contribution in [0.1, 0.15) is 38.1 Å². The summed E-state index contributed by atoms with van der Waals surface area (Å²) in [5, 5.41) is 0. The van der Waals surface area contributed by atoms with Crippen molar-refractivity contribution in [3.8, 4) is 17.2 Å². The van der Waals surface area contributed by atoms with Gasteiger partial charge in [0.25, 0.3) is 5.91 Å². The minimum atomic E-state index is -0.972. The van der Waals surface area contributed by atoms with E-state index in [9.17, 15) is 9.59 Å². The Morgan fingerprint density at radius 3 is 1.93 bits per heavy atom. The maximum atomic E-state index is 12.8. The summed E-state index contributed by atoms with van der Waals surface area (Å²) in [5.74, 6) is 0.221. The van der Waals surface area contributed by atoms with Crippen LogP contribution in [0.15, 0.2) is 42.5 Å². The number of para-hydroxylation sites is 1. The molecule has 2 rings (SSSR count). The van der Waals surface area contributed by atoms with Crippen molar-refractivity contribution in [3.63, 3.8) is 0 Å². The Labute approximate surface area is 177 Å². The molecule has 0 spiro atoms. The summed E-state index contributed by atoms with van der Waals surface area (Å²) >= 11 is 0. The zero-order valence-electron chi connectivity index (χ0n) is 18.1. The Morgan fingerprint density at radius 2 is 1.43 bits per heavy atom. The summed E-state index contributed by atoms with van der Waals surface area (Å²) in [6.07, 6.45) is -0.972. The summed E-state index contributed by atoms with van der Waals surface area (Å²) in [6.45, 7) is 8.26. The van der Waals surface area contributed by atoms with Gasteiger partial charge in [-0.15, -0.1) is 0 Å². The molecule has 0 radical (unpaired) electrons. The zero-order chi connectivity index (χ0) is 22.1. The Bertz CT molecular complexity index is 825. The lowest BCUT2D eigenvalue weighted by Gasteiger charge is -2.22. The lowest BCUT2D eigenvalue weighted by Crippen LogP contribution is -2.37. The van der Waals surface area contributed by atoms with Crippen LogP contribution in [0.3, 0.4) is 0 Å². The van der Waals surface area contributed by atoms with Crippen molar-refractivity contribution in [2.24, 2.45) is 0 Å². The van der Waals surface area contributed by atoms with Crippen LogP contribution in [0.25, 0.3) is 0 Å². The van der Waals surface area contributed by atoms with Crippen molar-refractivity contribution in [1.82, 2.24) is 0 Å². The van der Waals surface area contributed by atoms with Crippen molar-refractivity contribution in [2.45, 2.75) is 33.8 Å². The van der Waals surface area contributed by atoms with Gasteiger partial charge in [0, 0.05) is 12.7 Å². The van der Waals surface area contributed by atoms with Crippen LogP contribution in [0.5, 0.6) is 17.2 Å². The van der Waals surface area contributed by atoms with Crippen molar-refractivity contribution in [1.29, 1.82) is 0 Å². The van der Waals surface area contributed by atoms with E-state index in [2.05, 4.69) is 0 Å². The monoisotopic (exact) mass is 415 g/mol. The smallest absolute Gasteiger partial charge is 0.339 e. The minimum absolute atomic E-state index is 0.215. The fraction of sp³-hybridized carbons (Fsp3) is 0.391. The number of carbonyl (C=O) groups is 2. The quantitative estimate of drug-likeness (QED) is 0.544. The van der Waals surface area contributed by atoms with Gasteiger partial charge in [-0.05, 0) is 52.0 Å². The molecule has 1 amide bonds. The molecule has 30 heavy (non-hydrogen) atoms. The standard InChI is InChI=1S/C23H29NO6/c1-6-27-19-14-17(15-20(28-7-2)21(19)29-8-3)23(26)30-16(4)22(25)24(5)18-12-10-9-11-13-18/h9-16H,6-8H2,1-5H3. The number of esters is 1. The molecule has 162 valence electrons. The lowest BCUT2D eigenvalue weighted by atomic mass is 10.1. The van der Waals surface area contributed by atoms with Gasteiger partial charge in [-0.25, -0.2) is 4.79 Å². The zero-order valence-corrected chi connectivity index (χ0v) is 18.1. The average Bonchev–Trinajstić information content (AvgIpc) is 2.75. The van der Waals surface area contributed by atoms with Crippen LogP contribution in [-0.4, -0.2) is 44.8 Å². The fourth-order valence-electron chi connectivity index (χ4n) is 2.84. The highest BCUT2D eigenvalue weighted by atomic mass is 16.6. The first-order chi connectivity index (χ1) is 14.4. The molecule has 7 nitrogen and oxygen atoms in total. The van der Waals surface area contributed by atoms with E-state index in [1.807, 2.05) is 51.1 Å². The number of hydrogen-bond donors (Lipinski definition) is 0. The molecule has 0 saturated carbocycles. The third-order valence-electron chi connectivity index (χ3n) is 4.25. The second-order valence-corrected chi connectivity index (χ2v) is 6.38. The van der Waals surface area contributed by atoms with Crippen LogP contribution in [0, 0.1) is 0 Å². The van der Waals surface area contributed by atoms with Gasteiger partial charge in [0.1, 0.15) is 0 Å². The van der Waals surface area contributed by atoms with Crippen LogP contribution >= 0.6 is 0 Å². The molecule has 7 heteroatoms. The highest BCUT2D eigenvalue weighted by Gasteiger charge is 2.25. The SMILES string of the molecule is CCOc1cc(C(=O)OC(C)C(=O)N(C)c2ccccc2)cc(OCC)c1OCC. The number of rotatable bonds is 10. The van der Waals surface area contributed by atoms with E-state index < -0.39 is 12.1 Å². The molecule has 0 heterocycles. The van der Waals surface area contributed by atoms with E-state index in [4.69, 9.17) is 18.9 Å². The van der Waals surface area contributed by atoms with E-state index in [-0.39, 0.29) is 11.5 Å². The summed E-state index contributed by atoms with van der Waals surface area (Å²) in [6, 6.07) is 12.2. The predicted molar refractivity (Wildman–Crippen MR) is 115 cm³/mol. The normalized spacial score (nSPS) is 11.4. The third-order valence-corrected chi connectivity index (χ3v) is 4.25. The third kappa shape index (κ3) is 5.65. The number of likely N-dealkylation sites (N-methyl/N-ethyl adjacent to an activating group) is 1. The van der Waals surface area contributed by atoms with Crippen molar-refractivity contribution >= 4 is 17.6 Å². The van der Waals surface area contributed by atoms with Crippen molar-refractivity contribution in [2.75, 3.05) is 31.8 Å². The molecule has 2 aromatic carbocycles. The molecule has 2 aromatic rings. The van der Waals surface area contributed by atoms with Crippen LogP contribution < -0.4 is 19.1 Å².